The molecule has 0 saturated heterocycles. The summed E-state index contributed by atoms with van der Waals surface area (Å²) in [5, 5.41) is 5.58. The zero-order valence-corrected chi connectivity index (χ0v) is 18.7. The van der Waals surface area contributed by atoms with Crippen LogP contribution in [0, 0.1) is 0 Å². The number of carbonyl (C=O) groups is 3. The van der Waals surface area contributed by atoms with Crippen molar-refractivity contribution in [1.29, 1.82) is 0 Å². The van der Waals surface area contributed by atoms with E-state index in [9.17, 15) is 14.4 Å². The summed E-state index contributed by atoms with van der Waals surface area (Å²) >= 11 is 1.58. The summed E-state index contributed by atoms with van der Waals surface area (Å²) in [5.41, 5.74) is 1.61. The molecule has 0 spiro atoms. The number of esters is 1. The van der Waals surface area contributed by atoms with Gasteiger partial charge in [-0.25, -0.2) is 4.79 Å². The Balaban J connectivity index is 1.99. The zero-order chi connectivity index (χ0) is 21.6. The fourth-order valence-electron chi connectivity index (χ4n) is 2.70. The predicted octanol–water partition coefficient (Wildman–Crippen LogP) is 3.05. The van der Waals surface area contributed by atoms with Crippen LogP contribution in [0.1, 0.15) is 62.9 Å². The van der Waals surface area contributed by atoms with E-state index in [0.29, 0.717) is 17.7 Å². The Kier molecular flexibility index (Phi) is 8.14. The molecule has 1 fully saturated rings. The molecule has 0 radical (unpaired) electrons. The lowest BCUT2D eigenvalue weighted by molar-refractivity contribution is -0.156. The van der Waals surface area contributed by atoms with Gasteiger partial charge in [-0.15, -0.1) is 0 Å². The first-order valence-electron chi connectivity index (χ1n) is 10.0. The van der Waals surface area contributed by atoms with Crippen LogP contribution in [0.5, 0.6) is 0 Å². The molecule has 2 rings (SSSR count). The predicted molar refractivity (Wildman–Crippen MR) is 116 cm³/mol. The number of benzene rings is 1. The van der Waals surface area contributed by atoms with Crippen LogP contribution in [-0.4, -0.2) is 48.0 Å². The first-order chi connectivity index (χ1) is 13.6. The van der Waals surface area contributed by atoms with E-state index in [2.05, 4.69) is 31.4 Å². The Morgan fingerprint density at radius 3 is 2.31 bits per heavy atom. The number of hydrogen-bond donors (Lipinski definition) is 2. The Morgan fingerprint density at radius 1 is 1.17 bits per heavy atom. The first-order valence-corrected chi connectivity index (χ1v) is 11.4. The number of ether oxygens (including phenoxy) is 1. The van der Waals surface area contributed by atoms with Gasteiger partial charge in [0.2, 0.25) is 0 Å². The first kappa shape index (κ1) is 23.3. The molecule has 160 valence electrons. The average molecular weight is 421 g/mol. The Hall–Kier alpha value is -2.02. The minimum Gasteiger partial charge on any atom is -0.451 e. The van der Waals surface area contributed by atoms with Crippen molar-refractivity contribution < 1.29 is 19.1 Å². The van der Waals surface area contributed by atoms with Crippen molar-refractivity contribution in [3.8, 4) is 0 Å². The Bertz CT molecular complexity index is 723. The second-order valence-corrected chi connectivity index (χ2v) is 9.48. The van der Waals surface area contributed by atoms with E-state index in [4.69, 9.17) is 4.74 Å². The molecule has 2 atom stereocenters. The van der Waals surface area contributed by atoms with E-state index in [1.165, 1.54) is 0 Å². The SMILES string of the molecule is CSCC[C@@H](NC(=O)c1ccc(C(C)(C)C)cc1)C(=O)O[C@@H](C)C(=O)NC1CC1. The average Bonchev–Trinajstić information content (AvgIpc) is 3.48. The van der Waals surface area contributed by atoms with Crippen LogP contribution < -0.4 is 10.6 Å². The van der Waals surface area contributed by atoms with Crippen molar-refractivity contribution in [2.75, 3.05) is 12.0 Å². The smallest absolute Gasteiger partial charge is 0.329 e. The molecule has 2 N–H and O–H groups in total. The van der Waals surface area contributed by atoms with Crippen LogP contribution in [0.3, 0.4) is 0 Å². The van der Waals surface area contributed by atoms with E-state index in [1.807, 2.05) is 18.4 Å². The summed E-state index contributed by atoms with van der Waals surface area (Å²) in [6, 6.07) is 6.78. The molecule has 1 aliphatic rings. The van der Waals surface area contributed by atoms with E-state index >= 15 is 0 Å². The van der Waals surface area contributed by atoms with Crippen LogP contribution in [0.4, 0.5) is 0 Å². The summed E-state index contributed by atoms with van der Waals surface area (Å²) in [6.45, 7) is 7.87. The van der Waals surface area contributed by atoms with Crippen molar-refractivity contribution in [2.24, 2.45) is 0 Å². The molecule has 0 unspecified atom stereocenters. The van der Waals surface area contributed by atoms with Gasteiger partial charge in [-0.2, -0.15) is 11.8 Å². The second kappa shape index (κ2) is 10.1. The number of thioether (sulfide) groups is 1. The molecule has 0 heterocycles. The maximum absolute atomic E-state index is 12.7. The fourth-order valence-corrected chi connectivity index (χ4v) is 3.18. The number of nitrogens with one attached hydrogen (secondary N) is 2. The molecule has 1 saturated carbocycles. The van der Waals surface area contributed by atoms with Crippen LogP contribution in [0.25, 0.3) is 0 Å². The summed E-state index contributed by atoms with van der Waals surface area (Å²) in [4.78, 5) is 37.3. The van der Waals surface area contributed by atoms with Crippen molar-refractivity contribution in [1.82, 2.24) is 10.6 Å². The lowest BCUT2D eigenvalue weighted by atomic mass is 9.86. The molecular weight excluding hydrogens is 388 g/mol. The van der Waals surface area contributed by atoms with Gasteiger partial charge in [0.25, 0.3) is 11.8 Å². The number of carbonyl (C=O) groups excluding carboxylic acids is 3. The van der Waals surface area contributed by atoms with Crippen molar-refractivity contribution in [3.05, 3.63) is 35.4 Å². The Morgan fingerprint density at radius 2 is 1.79 bits per heavy atom. The summed E-state index contributed by atoms with van der Waals surface area (Å²) < 4.78 is 5.33. The lowest BCUT2D eigenvalue weighted by Gasteiger charge is -2.21. The van der Waals surface area contributed by atoms with Gasteiger partial charge in [-0.05, 0) is 61.3 Å². The van der Waals surface area contributed by atoms with Crippen LogP contribution in [0.2, 0.25) is 0 Å². The van der Waals surface area contributed by atoms with Gasteiger partial charge in [0.15, 0.2) is 6.10 Å². The topological polar surface area (TPSA) is 84.5 Å². The standard InChI is InChI=1S/C22H32N2O4S/c1-14(19(25)23-17-10-11-17)28-21(27)18(12-13-29-5)24-20(26)15-6-8-16(9-7-15)22(2,3)4/h6-9,14,17-18H,10-13H2,1-5H3,(H,23,25)(H,24,26)/t14-,18+/m0/s1. The van der Waals surface area contributed by atoms with Crippen LogP contribution in [0.15, 0.2) is 24.3 Å². The third-order valence-electron chi connectivity index (χ3n) is 4.80. The molecule has 1 aromatic rings. The van der Waals surface area contributed by atoms with Gasteiger partial charge < -0.3 is 15.4 Å². The third-order valence-corrected chi connectivity index (χ3v) is 5.44. The minimum atomic E-state index is -0.886. The largest absolute Gasteiger partial charge is 0.451 e. The minimum absolute atomic E-state index is 0.00310. The highest BCUT2D eigenvalue weighted by molar-refractivity contribution is 7.98. The number of hydrogen-bond acceptors (Lipinski definition) is 5. The highest BCUT2D eigenvalue weighted by Crippen LogP contribution is 2.22. The van der Waals surface area contributed by atoms with Gasteiger partial charge in [0, 0.05) is 11.6 Å². The molecule has 1 aliphatic carbocycles. The summed E-state index contributed by atoms with van der Waals surface area (Å²) in [6.07, 6.45) is 3.41. The summed E-state index contributed by atoms with van der Waals surface area (Å²) in [5.74, 6) is -0.527. The second-order valence-electron chi connectivity index (χ2n) is 8.50. The lowest BCUT2D eigenvalue weighted by Crippen LogP contribution is -2.45. The molecule has 7 heteroatoms. The molecule has 0 aromatic heterocycles. The zero-order valence-electron chi connectivity index (χ0n) is 17.9. The number of amides is 2. The molecule has 6 nitrogen and oxygen atoms in total. The maximum atomic E-state index is 12.7. The highest BCUT2D eigenvalue weighted by atomic mass is 32.2. The normalized spacial score (nSPS) is 15.9. The van der Waals surface area contributed by atoms with Crippen molar-refractivity contribution in [3.63, 3.8) is 0 Å². The Labute approximate surface area is 177 Å². The molecule has 0 bridgehead atoms. The maximum Gasteiger partial charge on any atom is 0.329 e. The monoisotopic (exact) mass is 420 g/mol. The third kappa shape index (κ3) is 7.38. The van der Waals surface area contributed by atoms with E-state index in [-0.39, 0.29) is 23.3 Å². The number of rotatable bonds is 9. The molecule has 2 amide bonds. The van der Waals surface area contributed by atoms with Gasteiger partial charge in [-0.3, -0.25) is 9.59 Å². The highest BCUT2D eigenvalue weighted by Gasteiger charge is 2.30. The van der Waals surface area contributed by atoms with E-state index in [0.717, 1.165) is 18.4 Å². The van der Waals surface area contributed by atoms with Crippen LogP contribution >= 0.6 is 11.8 Å². The van der Waals surface area contributed by atoms with Gasteiger partial charge in [0.05, 0.1) is 0 Å². The van der Waals surface area contributed by atoms with Crippen molar-refractivity contribution >= 4 is 29.5 Å². The molecule has 1 aromatic carbocycles. The van der Waals surface area contributed by atoms with Gasteiger partial charge in [0.1, 0.15) is 6.04 Å². The van der Waals surface area contributed by atoms with E-state index in [1.54, 1.807) is 30.8 Å². The molecule has 0 aliphatic heterocycles. The quantitative estimate of drug-likeness (QED) is 0.600. The van der Waals surface area contributed by atoms with E-state index < -0.39 is 18.1 Å². The van der Waals surface area contributed by atoms with Crippen molar-refractivity contribution in [2.45, 2.75) is 70.6 Å². The van der Waals surface area contributed by atoms with Gasteiger partial charge >= 0.3 is 5.97 Å². The molecule has 29 heavy (non-hydrogen) atoms. The van der Waals surface area contributed by atoms with Crippen LogP contribution in [-0.2, 0) is 19.7 Å². The summed E-state index contributed by atoms with van der Waals surface area (Å²) in [7, 11) is 0. The van der Waals surface area contributed by atoms with Gasteiger partial charge in [-0.1, -0.05) is 32.9 Å². The molecular formula is C22H32N2O4S. The fraction of sp³-hybridized carbons (Fsp3) is 0.591.